The van der Waals surface area contributed by atoms with Crippen LogP contribution in [0.3, 0.4) is 0 Å². The molecule has 0 saturated carbocycles. The molecule has 150 valence electrons. The molecule has 8 nitrogen and oxygen atoms in total. The van der Waals surface area contributed by atoms with E-state index in [1.807, 2.05) is 29.2 Å². The van der Waals surface area contributed by atoms with E-state index in [1.54, 1.807) is 7.11 Å². The number of amides is 1. The Balaban J connectivity index is 1.37. The highest BCUT2D eigenvalue weighted by atomic mass is 16.5. The van der Waals surface area contributed by atoms with Gasteiger partial charge in [-0.25, -0.2) is 4.98 Å². The van der Waals surface area contributed by atoms with E-state index >= 15 is 0 Å². The number of H-pyrrole nitrogens is 2. The number of ether oxygens (including phenoxy) is 1. The molecule has 1 aliphatic carbocycles. The average Bonchev–Trinajstić information content (AvgIpc) is 3.30. The van der Waals surface area contributed by atoms with Crippen LogP contribution in [0, 0.1) is 0 Å². The predicted octanol–water partition coefficient (Wildman–Crippen LogP) is 1.96. The van der Waals surface area contributed by atoms with Crippen LogP contribution < -0.4 is 16.0 Å². The standard InChI is InChI=1S/C21H23N5O3/c1-29-13-2-3-15-12(10-13)11-16(23-15)19(28)26-8-6-21(7-9-26)5-4-14-17(21)24-20(22)25-18(14)27/h2-3,10-11,23H,4-9H2,1H3,(H3,22,24,25,27). The van der Waals surface area contributed by atoms with Gasteiger partial charge in [-0.2, -0.15) is 0 Å². The van der Waals surface area contributed by atoms with Gasteiger partial charge in [-0.05, 0) is 49.9 Å². The fraction of sp³-hybridized carbons (Fsp3) is 0.381. The van der Waals surface area contributed by atoms with Crippen LogP contribution in [0.1, 0.15) is 41.0 Å². The summed E-state index contributed by atoms with van der Waals surface area (Å²) in [4.78, 5) is 37.4. The summed E-state index contributed by atoms with van der Waals surface area (Å²) in [6.45, 7) is 1.26. The minimum absolute atomic E-state index is 0.00776. The molecule has 3 aromatic rings. The van der Waals surface area contributed by atoms with Gasteiger partial charge in [0.1, 0.15) is 11.4 Å². The number of rotatable bonds is 2. The normalized spacial score (nSPS) is 17.6. The summed E-state index contributed by atoms with van der Waals surface area (Å²) in [5.74, 6) is 0.922. The van der Waals surface area contributed by atoms with Crippen molar-refractivity contribution in [3.8, 4) is 5.75 Å². The summed E-state index contributed by atoms with van der Waals surface area (Å²) in [7, 11) is 1.63. The lowest BCUT2D eigenvalue weighted by Gasteiger charge is -2.39. The van der Waals surface area contributed by atoms with E-state index < -0.39 is 0 Å². The maximum Gasteiger partial charge on any atom is 0.270 e. The van der Waals surface area contributed by atoms with Crippen molar-refractivity contribution in [2.75, 3.05) is 25.9 Å². The SMILES string of the molecule is COc1ccc2[nH]c(C(=O)N3CCC4(CCc5c4nc(N)[nH]c5=O)CC3)cc2c1. The lowest BCUT2D eigenvalue weighted by Crippen LogP contribution is -2.45. The van der Waals surface area contributed by atoms with Crippen molar-refractivity contribution in [3.63, 3.8) is 0 Å². The van der Waals surface area contributed by atoms with E-state index in [0.717, 1.165) is 53.6 Å². The topological polar surface area (TPSA) is 117 Å². The Bertz CT molecular complexity index is 1170. The monoisotopic (exact) mass is 393 g/mol. The molecule has 0 radical (unpaired) electrons. The van der Waals surface area contributed by atoms with Crippen LogP contribution in [0.4, 0.5) is 5.95 Å². The van der Waals surface area contributed by atoms with Crippen molar-refractivity contribution >= 4 is 22.8 Å². The van der Waals surface area contributed by atoms with Crippen molar-refractivity contribution in [2.24, 2.45) is 0 Å². The first-order chi connectivity index (χ1) is 14.0. The number of piperidine rings is 1. The third-order valence-corrected chi connectivity index (χ3v) is 6.46. The maximum atomic E-state index is 13.1. The Hall–Kier alpha value is -3.29. The summed E-state index contributed by atoms with van der Waals surface area (Å²) >= 11 is 0. The van der Waals surface area contributed by atoms with E-state index in [2.05, 4.69) is 15.0 Å². The molecule has 1 aromatic carbocycles. The number of hydrogen-bond acceptors (Lipinski definition) is 5. The number of aromatic nitrogens is 3. The lowest BCUT2D eigenvalue weighted by molar-refractivity contribution is 0.0658. The van der Waals surface area contributed by atoms with Crippen molar-refractivity contribution in [1.29, 1.82) is 0 Å². The molecule has 2 aromatic heterocycles. The molecule has 0 unspecified atom stereocenters. The van der Waals surface area contributed by atoms with Crippen LogP contribution in [-0.2, 0) is 11.8 Å². The van der Waals surface area contributed by atoms with E-state index in [4.69, 9.17) is 10.5 Å². The molecule has 1 aliphatic heterocycles. The second-order valence-electron chi connectivity index (χ2n) is 7.99. The van der Waals surface area contributed by atoms with Gasteiger partial charge in [-0.1, -0.05) is 0 Å². The number of nitrogens with two attached hydrogens (primary N) is 1. The first-order valence-corrected chi connectivity index (χ1v) is 9.84. The van der Waals surface area contributed by atoms with Crippen LogP contribution in [0.5, 0.6) is 5.75 Å². The van der Waals surface area contributed by atoms with Crippen molar-refractivity contribution < 1.29 is 9.53 Å². The minimum Gasteiger partial charge on any atom is -0.497 e. The van der Waals surface area contributed by atoms with E-state index in [0.29, 0.717) is 18.8 Å². The lowest BCUT2D eigenvalue weighted by atomic mass is 9.76. The highest BCUT2D eigenvalue weighted by Gasteiger charge is 2.44. The number of hydrogen-bond donors (Lipinski definition) is 3. The number of nitrogens with one attached hydrogen (secondary N) is 2. The second-order valence-corrected chi connectivity index (χ2v) is 7.99. The van der Waals surface area contributed by atoms with Gasteiger partial charge in [-0.3, -0.25) is 14.6 Å². The summed E-state index contributed by atoms with van der Waals surface area (Å²) in [6.07, 6.45) is 3.18. The minimum atomic E-state index is -0.150. The Morgan fingerprint density at radius 1 is 1.21 bits per heavy atom. The molecular formula is C21H23N5O3. The van der Waals surface area contributed by atoms with Gasteiger partial charge < -0.3 is 20.4 Å². The molecule has 5 rings (SSSR count). The van der Waals surface area contributed by atoms with Crippen molar-refractivity contribution in [1.82, 2.24) is 19.9 Å². The van der Waals surface area contributed by atoms with Crippen LogP contribution in [0.25, 0.3) is 10.9 Å². The summed E-state index contributed by atoms with van der Waals surface area (Å²) in [5, 5.41) is 0.949. The molecule has 1 amide bonds. The molecule has 4 N–H and O–H groups in total. The predicted molar refractivity (Wildman–Crippen MR) is 109 cm³/mol. The molecule has 2 aliphatic rings. The Morgan fingerprint density at radius 2 is 2.00 bits per heavy atom. The van der Waals surface area contributed by atoms with Crippen molar-refractivity contribution in [3.05, 3.63) is 51.6 Å². The zero-order valence-corrected chi connectivity index (χ0v) is 16.2. The number of anilines is 1. The average molecular weight is 393 g/mol. The van der Waals surface area contributed by atoms with Crippen molar-refractivity contribution in [2.45, 2.75) is 31.1 Å². The van der Waals surface area contributed by atoms with Gasteiger partial charge in [0.15, 0.2) is 0 Å². The number of nitrogen functional groups attached to an aromatic ring is 1. The number of methoxy groups -OCH3 is 1. The first kappa shape index (κ1) is 17.8. The molecule has 0 atom stereocenters. The molecule has 3 heterocycles. The summed E-state index contributed by atoms with van der Waals surface area (Å²) < 4.78 is 5.26. The summed E-state index contributed by atoms with van der Waals surface area (Å²) in [5.41, 5.74) is 8.58. The Morgan fingerprint density at radius 3 is 2.76 bits per heavy atom. The zero-order chi connectivity index (χ0) is 20.2. The number of carbonyl (C=O) groups excluding carboxylic acids is 1. The molecule has 29 heavy (non-hydrogen) atoms. The van der Waals surface area contributed by atoms with Crippen LogP contribution >= 0.6 is 0 Å². The molecule has 1 saturated heterocycles. The maximum absolute atomic E-state index is 13.1. The molecular weight excluding hydrogens is 370 g/mol. The molecule has 1 fully saturated rings. The Labute approximate surface area is 167 Å². The second kappa shape index (κ2) is 6.37. The smallest absolute Gasteiger partial charge is 0.270 e. The highest BCUT2D eigenvalue weighted by Crippen LogP contribution is 2.44. The molecule has 1 spiro atoms. The Kier molecular flexibility index (Phi) is 3.90. The van der Waals surface area contributed by atoms with Gasteiger partial charge in [-0.15, -0.1) is 0 Å². The number of nitrogens with zero attached hydrogens (tertiary/aromatic N) is 2. The van der Waals surface area contributed by atoms with Gasteiger partial charge in [0, 0.05) is 35.0 Å². The molecule has 8 heteroatoms. The van der Waals surface area contributed by atoms with Gasteiger partial charge in [0.2, 0.25) is 5.95 Å². The fourth-order valence-electron chi connectivity index (χ4n) is 4.82. The van der Waals surface area contributed by atoms with Crippen LogP contribution in [-0.4, -0.2) is 46.0 Å². The van der Waals surface area contributed by atoms with Gasteiger partial charge in [0.05, 0.1) is 12.8 Å². The van der Waals surface area contributed by atoms with E-state index in [9.17, 15) is 9.59 Å². The van der Waals surface area contributed by atoms with Crippen LogP contribution in [0.2, 0.25) is 0 Å². The summed E-state index contributed by atoms with van der Waals surface area (Å²) in [6, 6.07) is 7.57. The number of likely N-dealkylation sites (tertiary alicyclic amines) is 1. The third kappa shape index (κ3) is 2.78. The quantitative estimate of drug-likeness (QED) is 0.615. The molecule has 0 bridgehead atoms. The fourth-order valence-corrected chi connectivity index (χ4v) is 4.82. The van der Waals surface area contributed by atoms with Crippen LogP contribution in [0.15, 0.2) is 29.1 Å². The number of aromatic amines is 2. The van der Waals surface area contributed by atoms with Gasteiger partial charge in [0.25, 0.3) is 11.5 Å². The van der Waals surface area contributed by atoms with E-state index in [1.165, 1.54) is 0 Å². The zero-order valence-electron chi connectivity index (χ0n) is 16.2. The van der Waals surface area contributed by atoms with Gasteiger partial charge >= 0.3 is 0 Å². The number of benzene rings is 1. The number of carbonyl (C=O) groups is 1. The highest BCUT2D eigenvalue weighted by molar-refractivity contribution is 5.98. The third-order valence-electron chi connectivity index (χ3n) is 6.46. The van der Waals surface area contributed by atoms with E-state index in [-0.39, 0.29) is 22.8 Å². The number of fused-ring (bicyclic) bond motifs is 3. The largest absolute Gasteiger partial charge is 0.497 e. The first-order valence-electron chi connectivity index (χ1n) is 9.84.